The van der Waals surface area contributed by atoms with E-state index >= 15 is 0 Å². The number of aromatic nitrogens is 2. The molecule has 2 rings (SSSR count). The third kappa shape index (κ3) is 2.16. The quantitative estimate of drug-likeness (QED) is 0.898. The molecule has 0 fully saturated rings. The van der Waals surface area contributed by atoms with Crippen LogP contribution in [0.4, 0.5) is 0 Å². The summed E-state index contributed by atoms with van der Waals surface area (Å²) in [7, 11) is 3.21. The molecule has 0 bridgehead atoms. The van der Waals surface area contributed by atoms with Crippen LogP contribution in [0, 0.1) is 0 Å². The van der Waals surface area contributed by atoms with Gasteiger partial charge in [0, 0.05) is 19.5 Å². The fourth-order valence-corrected chi connectivity index (χ4v) is 1.88. The Balaban J connectivity index is 2.45. The number of amides is 1. The molecule has 0 radical (unpaired) electrons. The van der Waals surface area contributed by atoms with E-state index in [-0.39, 0.29) is 5.69 Å². The van der Waals surface area contributed by atoms with Crippen molar-refractivity contribution in [3.05, 3.63) is 30.0 Å². The van der Waals surface area contributed by atoms with E-state index in [0.29, 0.717) is 0 Å². The molecule has 0 saturated heterocycles. The summed E-state index contributed by atoms with van der Waals surface area (Å²) < 4.78 is 1.61. The van der Waals surface area contributed by atoms with Gasteiger partial charge in [0.05, 0.1) is 5.52 Å². The minimum absolute atomic E-state index is 0.272. The van der Waals surface area contributed by atoms with Crippen molar-refractivity contribution in [1.29, 1.82) is 0 Å². The number of benzene rings is 1. The van der Waals surface area contributed by atoms with Gasteiger partial charge in [0.1, 0.15) is 6.04 Å². The molecule has 100 valence electrons. The zero-order chi connectivity index (χ0) is 14.2. The highest BCUT2D eigenvalue weighted by Crippen LogP contribution is 2.19. The van der Waals surface area contributed by atoms with E-state index in [0.717, 1.165) is 10.9 Å². The Morgan fingerprint density at radius 3 is 2.63 bits per heavy atom. The number of carbonyl (C=O) groups excluding carboxylic acids is 1. The van der Waals surface area contributed by atoms with E-state index in [1.54, 1.807) is 17.8 Å². The first-order chi connectivity index (χ1) is 8.93. The van der Waals surface area contributed by atoms with Gasteiger partial charge in [-0.05, 0) is 13.0 Å². The van der Waals surface area contributed by atoms with Gasteiger partial charge in [-0.15, -0.1) is 0 Å². The third-order valence-electron chi connectivity index (χ3n) is 3.22. The SMILES string of the molecule is CC(C(=O)O)N(C)C(=O)c1nn(C)c2ccccc12. The molecule has 19 heavy (non-hydrogen) atoms. The number of hydrogen-bond donors (Lipinski definition) is 1. The van der Waals surface area contributed by atoms with Crippen LogP contribution < -0.4 is 0 Å². The van der Waals surface area contributed by atoms with E-state index in [1.807, 2.05) is 18.2 Å². The van der Waals surface area contributed by atoms with Crippen molar-refractivity contribution < 1.29 is 14.7 Å². The maximum absolute atomic E-state index is 12.3. The van der Waals surface area contributed by atoms with E-state index < -0.39 is 17.9 Å². The maximum atomic E-state index is 12.3. The molecule has 0 aliphatic rings. The Morgan fingerprint density at radius 2 is 2.00 bits per heavy atom. The number of aryl methyl sites for hydroxylation is 1. The minimum atomic E-state index is -1.05. The summed E-state index contributed by atoms with van der Waals surface area (Å²) in [5.41, 5.74) is 1.11. The van der Waals surface area contributed by atoms with Gasteiger partial charge < -0.3 is 10.0 Å². The van der Waals surface area contributed by atoms with Gasteiger partial charge in [-0.2, -0.15) is 5.10 Å². The van der Waals surface area contributed by atoms with E-state index in [4.69, 9.17) is 5.11 Å². The molecule has 1 heterocycles. The predicted molar refractivity (Wildman–Crippen MR) is 69.9 cm³/mol. The Hall–Kier alpha value is -2.37. The smallest absolute Gasteiger partial charge is 0.326 e. The monoisotopic (exact) mass is 261 g/mol. The Labute approximate surface area is 110 Å². The van der Waals surface area contributed by atoms with Gasteiger partial charge in [-0.25, -0.2) is 4.79 Å². The summed E-state index contributed by atoms with van der Waals surface area (Å²) in [6, 6.07) is 6.45. The van der Waals surface area contributed by atoms with E-state index in [9.17, 15) is 9.59 Å². The lowest BCUT2D eigenvalue weighted by atomic mass is 10.2. The standard InChI is InChI=1S/C13H15N3O3/c1-8(13(18)19)15(2)12(17)11-9-6-4-5-7-10(9)16(3)14-11/h4-8H,1-3H3,(H,18,19). The topological polar surface area (TPSA) is 75.4 Å². The summed E-state index contributed by atoms with van der Waals surface area (Å²) in [6.07, 6.45) is 0. The molecule has 1 atom stereocenters. The number of likely N-dealkylation sites (N-methyl/N-ethyl adjacent to an activating group) is 1. The molecule has 2 aromatic rings. The van der Waals surface area contributed by atoms with E-state index in [2.05, 4.69) is 5.10 Å². The van der Waals surface area contributed by atoms with Crippen LogP contribution in [-0.2, 0) is 11.8 Å². The molecule has 1 amide bonds. The molecule has 1 aromatic heterocycles. The zero-order valence-corrected chi connectivity index (χ0v) is 11.0. The van der Waals surface area contributed by atoms with Gasteiger partial charge in [0.25, 0.3) is 5.91 Å². The number of aliphatic carboxylic acids is 1. The minimum Gasteiger partial charge on any atom is -0.480 e. The van der Waals surface area contributed by atoms with Crippen LogP contribution in [0.15, 0.2) is 24.3 Å². The second-order valence-electron chi connectivity index (χ2n) is 4.42. The molecule has 0 aliphatic carbocycles. The van der Waals surface area contributed by atoms with Crippen molar-refractivity contribution in [2.24, 2.45) is 7.05 Å². The summed E-state index contributed by atoms with van der Waals surface area (Å²) in [5, 5.41) is 13.9. The first-order valence-corrected chi connectivity index (χ1v) is 5.85. The van der Waals surface area contributed by atoms with Gasteiger partial charge in [0.2, 0.25) is 0 Å². The second-order valence-corrected chi connectivity index (χ2v) is 4.42. The van der Waals surface area contributed by atoms with Crippen LogP contribution in [0.5, 0.6) is 0 Å². The number of fused-ring (bicyclic) bond motifs is 1. The van der Waals surface area contributed by atoms with Crippen LogP contribution >= 0.6 is 0 Å². The first kappa shape index (κ1) is 13.1. The average Bonchev–Trinajstić information content (AvgIpc) is 2.74. The van der Waals surface area contributed by atoms with Crippen molar-refractivity contribution in [1.82, 2.24) is 14.7 Å². The summed E-state index contributed by atoms with van der Waals surface area (Å²) >= 11 is 0. The first-order valence-electron chi connectivity index (χ1n) is 5.85. The molecule has 1 aromatic carbocycles. The summed E-state index contributed by atoms with van der Waals surface area (Å²) in [6.45, 7) is 1.46. The third-order valence-corrected chi connectivity index (χ3v) is 3.22. The molecule has 6 heteroatoms. The number of para-hydroxylation sites is 1. The van der Waals surface area contributed by atoms with Crippen LogP contribution in [0.2, 0.25) is 0 Å². The molecule has 1 unspecified atom stereocenters. The number of nitrogens with zero attached hydrogens (tertiary/aromatic N) is 3. The van der Waals surface area contributed by atoms with Gasteiger partial charge in [0.15, 0.2) is 5.69 Å². The molecule has 0 spiro atoms. The number of carboxylic acids is 1. The van der Waals surface area contributed by atoms with Gasteiger partial charge in [-0.3, -0.25) is 9.48 Å². The van der Waals surface area contributed by atoms with Crippen LogP contribution in [0.1, 0.15) is 17.4 Å². The molecule has 6 nitrogen and oxygen atoms in total. The van der Waals surface area contributed by atoms with Crippen molar-refractivity contribution in [2.45, 2.75) is 13.0 Å². The largest absolute Gasteiger partial charge is 0.480 e. The lowest BCUT2D eigenvalue weighted by molar-refractivity contribution is -0.141. The Bertz CT molecular complexity index is 648. The number of rotatable bonds is 3. The molecule has 0 aliphatic heterocycles. The number of carbonyl (C=O) groups is 2. The normalized spacial score (nSPS) is 12.4. The fraction of sp³-hybridized carbons (Fsp3) is 0.308. The van der Waals surface area contributed by atoms with Crippen molar-refractivity contribution in [2.75, 3.05) is 7.05 Å². The molecule has 1 N–H and O–H groups in total. The van der Waals surface area contributed by atoms with Crippen molar-refractivity contribution >= 4 is 22.8 Å². The van der Waals surface area contributed by atoms with Crippen molar-refractivity contribution in [3.63, 3.8) is 0 Å². The Kier molecular flexibility index (Phi) is 3.25. The van der Waals surface area contributed by atoms with Gasteiger partial charge >= 0.3 is 5.97 Å². The maximum Gasteiger partial charge on any atom is 0.326 e. The lowest BCUT2D eigenvalue weighted by Crippen LogP contribution is -2.40. The Morgan fingerprint density at radius 1 is 1.37 bits per heavy atom. The molecular weight excluding hydrogens is 246 g/mol. The highest BCUT2D eigenvalue weighted by Gasteiger charge is 2.26. The predicted octanol–water partition coefficient (Wildman–Crippen LogP) is 1.12. The molecular formula is C13H15N3O3. The highest BCUT2D eigenvalue weighted by molar-refractivity contribution is 6.05. The second kappa shape index (κ2) is 4.72. The van der Waals surface area contributed by atoms with E-state index in [1.165, 1.54) is 18.9 Å². The zero-order valence-electron chi connectivity index (χ0n) is 11.0. The number of hydrogen-bond acceptors (Lipinski definition) is 3. The average molecular weight is 261 g/mol. The van der Waals surface area contributed by atoms with Gasteiger partial charge in [-0.1, -0.05) is 18.2 Å². The van der Waals surface area contributed by atoms with Crippen LogP contribution in [0.3, 0.4) is 0 Å². The fourth-order valence-electron chi connectivity index (χ4n) is 1.88. The highest BCUT2D eigenvalue weighted by atomic mass is 16.4. The number of carboxylic acid groups (broad SMARTS) is 1. The van der Waals surface area contributed by atoms with Crippen LogP contribution in [0.25, 0.3) is 10.9 Å². The summed E-state index contributed by atoms with van der Waals surface area (Å²) in [4.78, 5) is 24.4. The van der Waals surface area contributed by atoms with Crippen LogP contribution in [-0.4, -0.2) is 44.8 Å². The van der Waals surface area contributed by atoms with Crippen molar-refractivity contribution in [3.8, 4) is 0 Å². The molecule has 0 saturated carbocycles. The lowest BCUT2D eigenvalue weighted by Gasteiger charge is -2.20. The summed E-state index contributed by atoms with van der Waals surface area (Å²) in [5.74, 6) is -1.44.